The molecule has 2 aromatic heterocycles. The fraction of sp³-hybridized carbons (Fsp3) is 0.389. The van der Waals surface area contributed by atoms with Crippen LogP contribution in [0.4, 0.5) is 11.5 Å². The molecular formula is C18H20N6O2. The van der Waals surface area contributed by atoms with E-state index in [2.05, 4.69) is 19.9 Å². The van der Waals surface area contributed by atoms with Gasteiger partial charge in [-0.05, 0) is 24.6 Å². The van der Waals surface area contributed by atoms with Gasteiger partial charge in [0.25, 0.3) is 0 Å². The van der Waals surface area contributed by atoms with Crippen LogP contribution in [0.3, 0.4) is 0 Å². The van der Waals surface area contributed by atoms with E-state index in [1.54, 1.807) is 28.4 Å². The third kappa shape index (κ3) is 2.77. The monoisotopic (exact) mass is 352 g/mol. The van der Waals surface area contributed by atoms with Gasteiger partial charge in [-0.1, -0.05) is 0 Å². The van der Waals surface area contributed by atoms with E-state index in [1.807, 2.05) is 18.2 Å². The molecule has 4 rings (SSSR count). The molecule has 26 heavy (non-hydrogen) atoms. The number of carbonyl (C=O) groups excluding carboxylic acids is 2. The SMILES string of the molecule is CC(=O)N1CC(=O)N(c2cccnc2)CC12CCN(c1ccncn1)C2. The van der Waals surface area contributed by atoms with Gasteiger partial charge < -0.3 is 14.7 Å². The highest BCUT2D eigenvalue weighted by molar-refractivity contribution is 5.98. The van der Waals surface area contributed by atoms with Gasteiger partial charge in [-0.3, -0.25) is 14.6 Å². The number of piperazine rings is 1. The summed E-state index contributed by atoms with van der Waals surface area (Å²) in [5.74, 6) is 0.679. The molecule has 2 aliphatic heterocycles. The highest BCUT2D eigenvalue weighted by Crippen LogP contribution is 2.35. The van der Waals surface area contributed by atoms with Crippen molar-refractivity contribution in [1.29, 1.82) is 0 Å². The number of pyridine rings is 1. The molecule has 2 saturated heterocycles. The van der Waals surface area contributed by atoms with Crippen LogP contribution < -0.4 is 9.80 Å². The Morgan fingerprint density at radius 3 is 2.77 bits per heavy atom. The van der Waals surface area contributed by atoms with E-state index in [4.69, 9.17) is 0 Å². The lowest BCUT2D eigenvalue weighted by molar-refractivity contribution is -0.142. The molecule has 0 saturated carbocycles. The molecule has 2 fully saturated rings. The molecule has 0 bridgehead atoms. The maximum atomic E-state index is 12.7. The predicted octanol–water partition coefficient (Wildman–Crippen LogP) is 0.716. The molecule has 2 aliphatic rings. The molecule has 8 heteroatoms. The molecule has 0 aromatic carbocycles. The number of nitrogens with zero attached hydrogens (tertiary/aromatic N) is 6. The van der Waals surface area contributed by atoms with Gasteiger partial charge in [0.05, 0.1) is 24.0 Å². The van der Waals surface area contributed by atoms with Crippen molar-refractivity contribution in [3.8, 4) is 0 Å². The number of aromatic nitrogens is 3. The largest absolute Gasteiger partial charge is 0.354 e. The van der Waals surface area contributed by atoms with E-state index in [0.717, 1.165) is 24.5 Å². The van der Waals surface area contributed by atoms with Gasteiger partial charge >= 0.3 is 0 Å². The topological polar surface area (TPSA) is 82.5 Å². The van der Waals surface area contributed by atoms with Crippen molar-refractivity contribution in [3.63, 3.8) is 0 Å². The van der Waals surface area contributed by atoms with Crippen LogP contribution in [0.1, 0.15) is 13.3 Å². The van der Waals surface area contributed by atoms with Gasteiger partial charge in [0, 0.05) is 32.4 Å². The van der Waals surface area contributed by atoms with Crippen LogP contribution in [-0.4, -0.2) is 63.4 Å². The quantitative estimate of drug-likeness (QED) is 0.792. The molecule has 2 amide bonds. The minimum Gasteiger partial charge on any atom is -0.354 e. The second-order valence-corrected chi connectivity index (χ2v) is 6.76. The molecule has 1 atom stereocenters. The second kappa shape index (κ2) is 6.36. The molecule has 4 heterocycles. The third-order valence-corrected chi connectivity index (χ3v) is 5.18. The van der Waals surface area contributed by atoms with Crippen LogP contribution in [0.25, 0.3) is 0 Å². The fourth-order valence-electron chi connectivity index (χ4n) is 3.92. The Labute approximate surface area is 151 Å². The average Bonchev–Trinajstić information content (AvgIpc) is 3.09. The lowest BCUT2D eigenvalue weighted by Gasteiger charge is -2.48. The number of carbonyl (C=O) groups is 2. The third-order valence-electron chi connectivity index (χ3n) is 5.18. The number of rotatable bonds is 2. The van der Waals surface area contributed by atoms with Crippen molar-refractivity contribution < 1.29 is 9.59 Å². The summed E-state index contributed by atoms with van der Waals surface area (Å²) in [6, 6.07) is 5.55. The lowest BCUT2D eigenvalue weighted by Crippen LogP contribution is -2.66. The van der Waals surface area contributed by atoms with E-state index in [1.165, 1.54) is 13.3 Å². The van der Waals surface area contributed by atoms with Crippen LogP contribution in [0.2, 0.25) is 0 Å². The molecule has 0 aliphatic carbocycles. The van der Waals surface area contributed by atoms with Crippen LogP contribution in [0, 0.1) is 0 Å². The van der Waals surface area contributed by atoms with E-state index in [-0.39, 0.29) is 18.4 Å². The Morgan fingerprint density at radius 1 is 1.19 bits per heavy atom. The van der Waals surface area contributed by atoms with Crippen LogP contribution in [0.5, 0.6) is 0 Å². The summed E-state index contributed by atoms with van der Waals surface area (Å²) in [7, 11) is 0. The first-order valence-corrected chi connectivity index (χ1v) is 8.59. The van der Waals surface area contributed by atoms with Crippen molar-refractivity contribution in [2.75, 3.05) is 36.0 Å². The molecule has 2 aromatic rings. The molecule has 1 unspecified atom stereocenters. The standard InChI is InChI=1S/C18H20N6O2/c1-14(25)24-10-17(26)23(15-3-2-6-19-9-15)12-18(24)5-8-22(11-18)16-4-7-20-13-21-16/h2-4,6-7,9,13H,5,8,10-12H2,1H3. The Hall–Kier alpha value is -3.03. The zero-order valence-corrected chi connectivity index (χ0v) is 14.6. The van der Waals surface area contributed by atoms with E-state index < -0.39 is 5.54 Å². The van der Waals surface area contributed by atoms with Gasteiger partial charge in [0.2, 0.25) is 11.8 Å². The van der Waals surface area contributed by atoms with Crippen molar-refractivity contribution >= 4 is 23.3 Å². The molecule has 134 valence electrons. The van der Waals surface area contributed by atoms with Crippen LogP contribution in [-0.2, 0) is 9.59 Å². The van der Waals surface area contributed by atoms with Crippen LogP contribution in [0.15, 0.2) is 43.1 Å². The Kier molecular flexibility index (Phi) is 4.02. The van der Waals surface area contributed by atoms with Gasteiger partial charge in [-0.2, -0.15) is 0 Å². The number of hydrogen-bond acceptors (Lipinski definition) is 6. The van der Waals surface area contributed by atoms with Crippen molar-refractivity contribution in [1.82, 2.24) is 19.9 Å². The van der Waals surface area contributed by atoms with Crippen molar-refractivity contribution in [2.45, 2.75) is 18.9 Å². The van der Waals surface area contributed by atoms with Gasteiger partial charge in [0.15, 0.2) is 0 Å². The van der Waals surface area contributed by atoms with E-state index in [9.17, 15) is 9.59 Å². The molecule has 1 spiro atoms. The Balaban J connectivity index is 1.65. The average molecular weight is 352 g/mol. The van der Waals surface area contributed by atoms with Gasteiger partial charge in [0.1, 0.15) is 18.7 Å². The summed E-state index contributed by atoms with van der Waals surface area (Å²) < 4.78 is 0. The van der Waals surface area contributed by atoms with Gasteiger partial charge in [-0.15, -0.1) is 0 Å². The molecule has 0 radical (unpaired) electrons. The zero-order valence-electron chi connectivity index (χ0n) is 14.6. The summed E-state index contributed by atoms with van der Waals surface area (Å²) >= 11 is 0. The first-order chi connectivity index (χ1) is 12.6. The Bertz CT molecular complexity index is 815. The lowest BCUT2D eigenvalue weighted by atomic mass is 9.92. The predicted molar refractivity (Wildman–Crippen MR) is 95.6 cm³/mol. The van der Waals surface area contributed by atoms with Crippen molar-refractivity contribution in [3.05, 3.63) is 43.1 Å². The summed E-state index contributed by atoms with van der Waals surface area (Å²) in [6.45, 7) is 3.48. The normalized spacial score (nSPS) is 23.0. The van der Waals surface area contributed by atoms with E-state index in [0.29, 0.717) is 13.1 Å². The van der Waals surface area contributed by atoms with Crippen molar-refractivity contribution in [2.24, 2.45) is 0 Å². The molecule has 0 N–H and O–H groups in total. The minimum atomic E-state index is -0.430. The second-order valence-electron chi connectivity index (χ2n) is 6.76. The highest BCUT2D eigenvalue weighted by atomic mass is 16.2. The summed E-state index contributed by atoms with van der Waals surface area (Å²) in [4.78, 5) is 43.0. The maximum Gasteiger partial charge on any atom is 0.246 e. The Morgan fingerprint density at radius 2 is 2.08 bits per heavy atom. The first-order valence-electron chi connectivity index (χ1n) is 8.59. The van der Waals surface area contributed by atoms with Gasteiger partial charge in [-0.25, -0.2) is 9.97 Å². The maximum absolute atomic E-state index is 12.7. The number of anilines is 2. The fourth-order valence-corrected chi connectivity index (χ4v) is 3.92. The smallest absolute Gasteiger partial charge is 0.246 e. The highest BCUT2D eigenvalue weighted by Gasteiger charge is 2.50. The summed E-state index contributed by atoms with van der Waals surface area (Å²) in [5, 5.41) is 0. The van der Waals surface area contributed by atoms with Crippen LogP contribution >= 0.6 is 0 Å². The summed E-state index contributed by atoms with van der Waals surface area (Å²) in [6.07, 6.45) is 7.38. The molecular weight excluding hydrogens is 332 g/mol. The molecule has 8 nitrogen and oxygen atoms in total. The zero-order chi connectivity index (χ0) is 18.1. The minimum absolute atomic E-state index is 0.0753. The number of hydrogen-bond donors (Lipinski definition) is 0. The number of amides is 2. The summed E-state index contributed by atoms with van der Waals surface area (Å²) in [5.41, 5.74) is 0.334. The first kappa shape index (κ1) is 16.4. The van der Waals surface area contributed by atoms with E-state index >= 15 is 0 Å².